The molecule has 0 atom stereocenters. The fourth-order valence-electron chi connectivity index (χ4n) is 4.46. The third-order valence-electron chi connectivity index (χ3n) is 6.19. The SMILES string of the molecule is Cc1c(NC(=O)c2cc(-c3ccco3)nc3c2c(C)nn3C)cccc1C(=O)N1CCCC1. The van der Waals surface area contributed by atoms with E-state index in [4.69, 9.17) is 4.42 Å². The van der Waals surface area contributed by atoms with Crippen LogP contribution in [0, 0.1) is 13.8 Å². The lowest BCUT2D eigenvalue weighted by molar-refractivity contribution is 0.0791. The van der Waals surface area contributed by atoms with Gasteiger partial charge in [-0.15, -0.1) is 0 Å². The number of aryl methyl sites for hydroxylation is 2. The third-order valence-corrected chi connectivity index (χ3v) is 6.19. The van der Waals surface area contributed by atoms with E-state index >= 15 is 0 Å². The first kappa shape index (κ1) is 20.9. The highest BCUT2D eigenvalue weighted by Gasteiger charge is 2.24. The van der Waals surface area contributed by atoms with Crippen molar-refractivity contribution in [1.82, 2.24) is 19.7 Å². The molecule has 33 heavy (non-hydrogen) atoms. The summed E-state index contributed by atoms with van der Waals surface area (Å²) in [5.74, 6) is 0.287. The van der Waals surface area contributed by atoms with Crippen LogP contribution >= 0.6 is 0 Å². The molecule has 0 spiro atoms. The molecule has 3 aromatic heterocycles. The number of nitrogens with one attached hydrogen (secondary N) is 1. The minimum Gasteiger partial charge on any atom is -0.463 e. The summed E-state index contributed by atoms with van der Waals surface area (Å²) in [5, 5.41) is 8.15. The van der Waals surface area contributed by atoms with Crippen LogP contribution in [0.5, 0.6) is 0 Å². The minimum atomic E-state index is -0.292. The fourth-order valence-corrected chi connectivity index (χ4v) is 4.46. The number of fused-ring (bicyclic) bond motifs is 1. The summed E-state index contributed by atoms with van der Waals surface area (Å²) >= 11 is 0. The van der Waals surface area contributed by atoms with E-state index in [0.717, 1.165) is 31.5 Å². The second-order valence-electron chi connectivity index (χ2n) is 8.37. The Morgan fingerprint density at radius 2 is 1.85 bits per heavy atom. The van der Waals surface area contributed by atoms with Gasteiger partial charge in [0.2, 0.25) is 0 Å². The molecule has 4 aromatic rings. The molecule has 8 heteroatoms. The molecule has 0 unspecified atom stereocenters. The predicted molar refractivity (Wildman–Crippen MR) is 125 cm³/mol. The molecule has 4 heterocycles. The molecule has 5 rings (SSSR count). The second-order valence-corrected chi connectivity index (χ2v) is 8.37. The number of hydrogen-bond acceptors (Lipinski definition) is 5. The summed E-state index contributed by atoms with van der Waals surface area (Å²) in [6.45, 7) is 5.28. The molecule has 0 aliphatic carbocycles. The van der Waals surface area contributed by atoms with E-state index in [1.807, 2.05) is 30.9 Å². The molecule has 1 aromatic carbocycles. The Morgan fingerprint density at radius 3 is 2.58 bits per heavy atom. The van der Waals surface area contributed by atoms with Gasteiger partial charge in [0.25, 0.3) is 11.8 Å². The highest BCUT2D eigenvalue weighted by atomic mass is 16.3. The zero-order valence-corrected chi connectivity index (χ0v) is 18.9. The van der Waals surface area contributed by atoms with E-state index in [0.29, 0.717) is 45.0 Å². The number of aromatic nitrogens is 3. The number of hydrogen-bond donors (Lipinski definition) is 1. The van der Waals surface area contributed by atoms with Gasteiger partial charge in [-0.3, -0.25) is 14.3 Å². The quantitative estimate of drug-likeness (QED) is 0.507. The number of pyridine rings is 1. The van der Waals surface area contributed by atoms with Crippen molar-refractivity contribution >= 4 is 28.5 Å². The number of carbonyl (C=O) groups excluding carboxylic acids is 2. The van der Waals surface area contributed by atoms with Crippen LogP contribution in [-0.4, -0.2) is 44.6 Å². The van der Waals surface area contributed by atoms with E-state index in [1.165, 1.54) is 0 Å². The maximum atomic E-state index is 13.5. The molecular formula is C25H25N5O3. The number of furan rings is 1. The third kappa shape index (κ3) is 3.67. The standard InChI is InChI=1S/C25H25N5O3/c1-15-17(25(32)30-11-4-5-12-30)8-6-9-19(15)27-24(31)18-14-20(21-10-7-13-33-21)26-23-22(18)16(2)28-29(23)3/h6-10,13-14H,4-5,11-12H2,1-3H3,(H,27,31). The summed E-state index contributed by atoms with van der Waals surface area (Å²) < 4.78 is 7.17. The maximum Gasteiger partial charge on any atom is 0.256 e. The average molecular weight is 444 g/mol. The van der Waals surface area contributed by atoms with Crippen LogP contribution in [0.2, 0.25) is 0 Å². The van der Waals surface area contributed by atoms with Gasteiger partial charge in [-0.05, 0) is 62.6 Å². The van der Waals surface area contributed by atoms with Crippen LogP contribution in [0.4, 0.5) is 5.69 Å². The normalized spacial score (nSPS) is 13.6. The molecule has 8 nitrogen and oxygen atoms in total. The van der Waals surface area contributed by atoms with Gasteiger partial charge < -0.3 is 14.6 Å². The second kappa shape index (κ2) is 8.20. The van der Waals surface area contributed by atoms with Gasteiger partial charge in [0, 0.05) is 31.4 Å². The highest BCUT2D eigenvalue weighted by molar-refractivity contribution is 6.14. The van der Waals surface area contributed by atoms with E-state index in [2.05, 4.69) is 15.4 Å². The maximum absolute atomic E-state index is 13.5. The monoisotopic (exact) mass is 443 g/mol. The molecular weight excluding hydrogens is 418 g/mol. The van der Waals surface area contributed by atoms with Gasteiger partial charge >= 0.3 is 0 Å². The fraction of sp³-hybridized carbons (Fsp3) is 0.280. The van der Waals surface area contributed by atoms with Crippen LogP contribution in [0.3, 0.4) is 0 Å². The van der Waals surface area contributed by atoms with Crippen molar-refractivity contribution in [2.45, 2.75) is 26.7 Å². The molecule has 0 saturated carbocycles. The lowest BCUT2D eigenvalue weighted by atomic mass is 10.0. The minimum absolute atomic E-state index is 0.00982. The number of likely N-dealkylation sites (tertiary alicyclic amines) is 1. The van der Waals surface area contributed by atoms with Gasteiger partial charge in [-0.2, -0.15) is 5.10 Å². The van der Waals surface area contributed by atoms with Crippen LogP contribution < -0.4 is 5.32 Å². The number of rotatable bonds is 4. The lowest BCUT2D eigenvalue weighted by Crippen LogP contribution is -2.28. The molecule has 1 saturated heterocycles. The summed E-state index contributed by atoms with van der Waals surface area (Å²) in [4.78, 5) is 33.0. The van der Waals surface area contributed by atoms with Gasteiger partial charge in [-0.25, -0.2) is 4.98 Å². The van der Waals surface area contributed by atoms with Crippen molar-refractivity contribution in [3.63, 3.8) is 0 Å². The molecule has 1 N–H and O–H groups in total. The van der Waals surface area contributed by atoms with Gasteiger partial charge in [-0.1, -0.05) is 6.07 Å². The number of anilines is 1. The Morgan fingerprint density at radius 1 is 1.06 bits per heavy atom. The Labute approximate surface area is 191 Å². The zero-order valence-electron chi connectivity index (χ0n) is 18.9. The molecule has 0 radical (unpaired) electrons. The average Bonchev–Trinajstić information content (AvgIpc) is 3.57. The molecule has 1 aliphatic heterocycles. The molecule has 2 amide bonds. The molecule has 168 valence electrons. The Kier molecular flexibility index (Phi) is 5.20. The summed E-state index contributed by atoms with van der Waals surface area (Å²) in [6.07, 6.45) is 3.63. The van der Waals surface area contributed by atoms with Gasteiger partial charge in [0.15, 0.2) is 11.4 Å². The first-order valence-corrected chi connectivity index (χ1v) is 11.0. The largest absolute Gasteiger partial charge is 0.463 e. The Balaban J connectivity index is 1.54. The smallest absolute Gasteiger partial charge is 0.256 e. The summed E-state index contributed by atoms with van der Waals surface area (Å²) in [5.41, 5.74) is 4.29. The summed E-state index contributed by atoms with van der Waals surface area (Å²) in [7, 11) is 1.80. The first-order valence-electron chi connectivity index (χ1n) is 11.0. The molecule has 1 fully saturated rings. The molecule has 0 bridgehead atoms. The van der Waals surface area contributed by atoms with Gasteiger partial charge in [0.1, 0.15) is 5.69 Å². The number of nitrogens with zero attached hydrogens (tertiary/aromatic N) is 4. The first-order chi connectivity index (χ1) is 15.9. The van der Waals surface area contributed by atoms with Crippen LogP contribution in [0.25, 0.3) is 22.5 Å². The number of benzene rings is 1. The van der Waals surface area contributed by atoms with E-state index in [-0.39, 0.29) is 11.8 Å². The van der Waals surface area contributed by atoms with Crippen LogP contribution in [0.1, 0.15) is 44.8 Å². The van der Waals surface area contributed by atoms with Crippen molar-refractivity contribution < 1.29 is 14.0 Å². The van der Waals surface area contributed by atoms with E-state index in [9.17, 15) is 9.59 Å². The number of amides is 2. The van der Waals surface area contributed by atoms with Gasteiger partial charge in [0.05, 0.1) is 22.9 Å². The Hall–Kier alpha value is -3.94. The molecule has 1 aliphatic rings. The van der Waals surface area contributed by atoms with Crippen molar-refractivity contribution in [3.8, 4) is 11.5 Å². The summed E-state index contributed by atoms with van der Waals surface area (Å²) in [6, 6.07) is 10.7. The lowest BCUT2D eigenvalue weighted by Gasteiger charge is -2.18. The number of carbonyl (C=O) groups is 2. The van der Waals surface area contributed by atoms with E-state index < -0.39 is 0 Å². The topological polar surface area (TPSA) is 93.3 Å². The van der Waals surface area contributed by atoms with Crippen molar-refractivity contribution in [1.29, 1.82) is 0 Å². The van der Waals surface area contributed by atoms with Crippen molar-refractivity contribution in [2.75, 3.05) is 18.4 Å². The van der Waals surface area contributed by atoms with Crippen LogP contribution in [0.15, 0.2) is 47.1 Å². The van der Waals surface area contributed by atoms with Crippen LogP contribution in [-0.2, 0) is 7.05 Å². The van der Waals surface area contributed by atoms with E-state index in [1.54, 1.807) is 42.3 Å². The van der Waals surface area contributed by atoms with Crippen molar-refractivity contribution in [3.05, 3.63) is 65.0 Å². The zero-order chi connectivity index (χ0) is 23.1. The van der Waals surface area contributed by atoms with Crippen molar-refractivity contribution in [2.24, 2.45) is 7.05 Å². The predicted octanol–water partition coefficient (Wildman–Crippen LogP) is 4.33. The Bertz CT molecular complexity index is 1360. The highest BCUT2D eigenvalue weighted by Crippen LogP contribution is 2.29.